The molecule has 1 saturated heterocycles. The van der Waals surface area contributed by atoms with Crippen LogP contribution >= 0.6 is 0 Å². The molecule has 35 heavy (non-hydrogen) atoms. The van der Waals surface area contributed by atoms with E-state index in [9.17, 15) is 9.59 Å². The lowest BCUT2D eigenvalue weighted by atomic mass is 9.94. The third-order valence-electron chi connectivity index (χ3n) is 6.93. The number of aromatic nitrogens is 3. The van der Waals surface area contributed by atoms with Gasteiger partial charge in [0.1, 0.15) is 11.6 Å². The van der Waals surface area contributed by atoms with Crippen molar-refractivity contribution >= 4 is 17.4 Å². The van der Waals surface area contributed by atoms with E-state index in [1.165, 1.54) is 12.8 Å². The van der Waals surface area contributed by atoms with Gasteiger partial charge in [-0.2, -0.15) is 0 Å². The number of ketones is 2. The van der Waals surface area contributed by atoms with Crippen LogP contribution in [-0.4, -0.2) is 39.6 Å². The van der Waals surface area contributed by atoms with Gasteiger partial charge in [-0.05, 0) is 54.9 Å². The van der Waals surface area contributed by atoms with Gasteiger partial charge < -0.3 is 4.90 Å². The van der Waals surface area contributed by atoms with Gasteiger partial charge in [0.15, 0.2) is 5.82 Å². The first-order valence-electron chi connectivity index (χ1n) is 12.5. The van der Waals surface area contributed by atoms with Crippen LogP contribution in [0.5, 0.6) is 0 Å². The number of piperidine rings is 1. The zero-order chi connectivity index (χ0) is 24.8. The fourth-order valence-corrected chi connectivity index (χ4v) is 4.49. The maximum atomic E-state index is 13.0. The van der Waals surface area contributed by atoms with Gasteiger partial charge in [-0.25, -0.2) is 15.0 Å². The Morgan fingerprint density at radius 3 is 2.40 bits per heavy atom. The second-order valence-electron chi connectivity index (χ2n) is 9.72. The Labute approximate surface area is 207 Å². The number of rotatable bonds is 9. The summed E-state index contributed by atoms with van der Waals surface area (Å²) in [4.78, 5) is 41.2. The summed E-state index contributed by atoms with van der Waals surface area (Å²) in [6, 6.07) is 13.7. The normalized spacial score (nSPS) is 15.1. The molecule has 1 fully saturated rings. The SMILES string of the molecule is Cc1ccc(CCC(=O)C(C)c2cnc(C(=O)Cc3ccccc3)nc2)c(N2CCC(C)CC2)n1. The van der Waals surface area contributed by atoms with Crippen LogP contribution in [0.1, 0.15) is 72.0 Å². The number of benzene rings is 1. The summed E-state index contributed by atoms with van der Waals surface area (Å²) < 4.78 is 0. The predicted molar refractivity (Wildman–Crippen MR) is 138 cm³/mol. The van der Waals surface area contributed by atoms with E-state index in [4.69, 9.17) is 4.98 Å². The van der Waals surface area contributed by atoms with E-state index in [-0.39, 0.29) is 29.7 Å². The molecular weight excluding hydrogens is 436 g/mol. The second-order valence-corrected chi connectivity index (χ2v) is 9.72. The number of anilines is 1. The molecule has 0 aliphatic carbocycles. The highest BCUT2D eigenvalue weighted by molar-refractivity contribution is 5.94. The highest BCUT2D eigenvalue weighted by Crippen LogP contribution is 2.27. The number of carbonyl (C=O) groups is 2. The maximum Gasteiger partial charge on any atom is 0.204 e. The molecule has 1 unspecified atom stereocenters. The van der Waals surface area contributed by atoms with Gasteiger partial charge >= 0.3 is 0 Å². The topological polar surface area (TPSA) is 76.1 Å². The second kappa shape index (κ2) is 11.3. The average Bonchev–Trinajstić information content (AvgIpc) is 2.88. The molecule has 1 aliphatic heterocycles. The molecule has 182 valence electrons. The van der Waals surface area contributed by atoms with Crippen molar-refractivity contribution in [3.63, 3.8) is 0 Å². The van der Waals surface area contributed by atoms with E-state index in [2.05, 4.69) is 27.9 Å². The molecule has 1 aromatic carbocycles. The van der Waals surface area contributed by atoms with Crippen LogP contribution in [0, 0.1) is 12.8 Å². The van der Waals surface area contributed by atoms with E-state index >= 15 is 0 Å². The fourth-order valence-electron chi connectivity index (χ4n) is 4.49. The Bertz CT molecular complexity index is 1150. The van der Waals surface area contributed by atoms with Crippen LogP contribution in [0.4, 0.5) is 5.82 Å². The molecule has 0 spiro atoms. The minimum Gasteiger partial charge on any atom is -0.356 e. The Morgan fingerprint density at radius 1 is 1.03 bits per heavy atom. The van der Waals surface area contributed by atoms with Crippen molar-refractivity contribution in [3.8, 4) is 0 Å². The van der Waals surface area contributed by atoms with E-state index < -0.39 is 0 Å². The monoisotopic (exact) mass is 470 g/mol. The van der Waals surface area contributed by atoms with Crippen LogP contribution in [0.15, 0.2) is 54.9 Å². The summed E-state index contributed by atoms with van der Waals surface area (Å²) in [5.74, 6) is 1.64. The molecule has 2 aromatic heterocycles. The smallest absolute Gasteiger partial charge is 0.204 e. The molecule has 0 N–H and O–H groups in total. The predicted octanol–water partition coefficient (Wildman–Crippen LogP) is 5.15. The standard InChI is InChI=1S/C29H34N4O2/c1-20-13-15-33(16-14-20)29-24(10-9-21(2)32-29)11-12-26(34)22(3)25-18-30-28(31-19-25)27(35)17-23-7-5-4-6-8-23/h4-10,18-20,22H,11-17H2,1-3H3. The van der Waals surface area contributed by atoms with Crippen LogP contribution in [0.25, 0.3) is 0 Å². The maximum absolute atomic E-state index is 13.0. The van der Waals surface area contributed by atoms with Crippen molar-refractivity contribution in [2.24, 2.45) is 5.92 Å². The van der Waals surface area contributed by atoms with Crippen LogP contribution in [-0.2, 0) is 17.6 Å². The van der Waals surface area contributed by atoms with Crippen LogP contribution in [0.3, 0.4) is 0 Å². The van der Waals surface area contributed by atoms with Gasteiger partial charge in [-0.3, -0.25) is 9.59 Å². The lowest BCUT2D eigenvalue weighted by Gasteiger charge is -2.32. The van der Waals surface area contributed by atoms with Gasteiger partial charge in [0.25, 0.3) is 0 Å². The molecule has 0 amide bonds. The molecular formula is C29H34N4O2. The molecule has 3 heterocycles. The zero-order valence-electron chi connectivity index (χ0n) is 20.9. The minimum atomic E-state index is -0.328. The van der Waals surface area contributed by atoms with E-state index in [1.54, 1.807) is 12.4 Å². The average molecular weight is 471 g/mol. The summed E-state index contributed by atoms with van der Waals surface area (Å²) in [6.07, 6.45) is 6.93. The van der Waals surface area contributed by atoms with Crippen LogP contribution in [0.2, 0.25) is 0 Å². The van der Waals surface area contributed by atoms with E-state index in [0.717, 1.165) is 47.2 Å². The molecule has 4 rings (SSSR count). The largest absolute Gasteiger partial charge is 0.356 e. The first kappa shape index (κ1) is 24.7. The highest BCUT2D eigenvalue weighted by Gasteiger charge is 2.22. The molecule has 1 atom stereocenters. The number of nitrogens with zero attached hydrogens (tertiary/aromatic N) is 4. The lowest BCUT2D eigenvalue weighted by molar-refractivity contribution is -0.120. The third kappa shape index (κ3) is 6.38. The summed E-state index contributed by atoms with van der Waals surface area (Å²) in [6.45, 7) is 8.23. The Hall–Kier alpha value is -3.41. The first-order valence-corrected chi connectivity index (χ1v) is 12.5. The number of hydrogen-bond acceptors (Lipinski definition) is 6. The van der Waals surface area contributed by atoms with E-state index in [1.807, 2.05) is 50.2 Å². The third-order valence-corrected chi connectivity index (χ3v) is 6.93. The van der Waals surface area contributed by atoms with Gasteiger partial charge in [0, 0.05) is 49.9 Å². The van der Waals surface area contributed by atoms with Crippen molar-refractivity contribution in [1.82, 2.24) is 15.0 Å². The highest BCUT2D eigenvalue weighted by atomic mass is 16.1. The molecule has 6 heteroatoms. The number of hydrogen-bond donors (Lipinski definition) is 0. The Kier molecular flexibility index (Phi) is 8.01. The Morgan fingerprint density at radius 2 is 1.71 bits per heavy atom. The van der Waals surface area contributed by atoms with Gasteiger partial charge in [0.2, 0.25) is 5.78 Å². The minimum absolute atomic E-state index is 0.131. The van der Waals surface area contributed by atoms with Crippen molar-refractivity contribution < 1.29 is 9.59 Å². The number of Topliss-reactive ketones (excluding diaryl/α,β-unsaturated/α-hetero) is 2. The zero-order valence-corrected chi connectivity index (χ0v) is 20.9. The molecule has 1 aliphatic rings. The first-order chi connectivity index (χ1) is 16.9. The van der Waals surface area contributed by atoms with E-state index in [0.29, 0.717) is 12.8 Å². The molecule has 0 radical (unpaired) electrons. The fraction of sp³-hybridized carbons (Fsp3) is 0.414. The summed E-state index contributed by atoms with van der Waals surface area (Å²) >= 11 is 0. The summed E-state index contributed by atoms with van der Waals surface area (Å²) in [5.41, 5.74) is 3.79. The lowest BCUT2D eigenvalue weighted by Crippen LogP contribution is -2.34. The van der Waals surface area contributed by atoms with Gasteiger partial charge in [0.05, 0.1) is 0 Å². The number of carbonyl (C=O) groups excluding carboxylic acids is 2. The molecule has 3 aromatic rings. The van der Waals surface area contributed by atoms with Gasteiger partial charge in [-0.15, -0.1) is 0 Å². The molecule has 0 bridgehead atoms. The van der Waals surface area contributed by atoms with Crippen molar-refractivity contribution in [1.29, 1.82) is 0 Å². The van der Waals surface area contributed by atoms with Crippen molar-refractivity contribution in [2.75, 3.05) is 18.0 Å². The number of aryl methyl sites for hydroxylation is 2. The van der Waals surface area contributed by atoms with Crippen molar-refractivity contribution in [3.05, 3.63) is 83.1 Å². The number of pyridine rings is 1. The molecule has 6 nitrogen and oxygen atoms in total. The van der Waals surface area contributed by atoms with Crippen LogP contribution < -0.4 is 4.90 Å². The molecule has 0 saturated carbocycles. The Balaban J connectivity index is 1.37. The summed E-state index contributed by atoms with van der Waals surface area (Å²) in [5, 5.41) is 0. The van der Waals surface area contributed by atoms with Gasteiger partial charge in [-0.1, -0.05) is 50.2 Å². The quantitative estimate of drug-likeness (QED) is 0.403. The van der Waals surface area contributed by atoms with Crippen molar-refractivity contribution in [2.45, 2.75) is 58.8 Å². The summed E-state index contributed by atoms with van der Waals surface area (Å²) in [7, 11) is 0.